The van der Waals surface area contributed by atoms with E-state index in [9.17, 15) is 9.18 Å². The van der Waals surface area contributed by atoms with Crippen LogP contribution >= 0.6 is 0 Å². The maximum atomic E-state index is 12.7. The molecule has 0 unspecified atom stereocenters. The molecule has 1 aromatic carbocycles. The molecule has 0 bridgehead atoms. The van der Waals surface area contributed by atoms with E-state index in [0.29, 0.717) is 13.1 Å². The van der Waals surface area contributed by atoms with E-state index < -0.39 is 0 Å². The highest BCUT2D eigenvalue weighted by Crippen LogP contribution is 2.02. The molecule has 5 nitrogen and oxygen atoms in total. The van der Waals surface area contributed by atoms with E-state index in [1.165, 1.54) is 18.5 Å². The van der Waals surface area contributed by atoms with E-state index in [2.05, 4.69) is 20.6 Å². The summed E-state index contributed by atoms with van der Waals surface area (Å²) in [7, 11) is 0. The van der Waals surface area contributed by atoms with Gasteiger partial charge in [0, 0.05) is 12.2 Å². The number of aryl methyl sites for hydroxylation is 1. The minimum atomic E-state index is -0.300. The monoisotopic (exact) mass is 274 g/mol. The Hall–Kier alpha value is -2.50. The molecular formula is C14H15FN4O. The van der Waals surface area contributed by atoms with Crippen LogP contribution in [0.3, 0.4) is 0 Å². The Morgan fingerprint density at radius 3 is 2.55 bits per heavy atom. The zero-order valence-electron chi connectivity index (χ0n) is 11.1. The quantitative estimate of drug-likeness (QED) is 0.895. The van der Waals surface area contributed by atoms with E-state index in [1.807, 2.05) is 6.92 Å². The van der Waals surface area contributed by atoms with Crippen molar-refractivity contribution in [2.45, 2.75) is 20.0 Å². The van der Waals surface area contributed by atoms with Crippen molar-refractivity contribution in [1.82, 2.24) is 20.6 Å². The summed E-state index contributed by atoms with van der Waals surface area (Å²) in [6.07, 6.45) is 1.46. The summed E-state index contributed by atoms with van der Waals surface area (Å²) in [5, 5.41) is 5.38. The number of benzene rings is 1. The molecule has 0 radical (unpaired) electrons. The van der Waals surface area contributed by atoms with Gasteiger partial charge in [-0.25, -0.2) is 19.2 Å². The predicted octanol–water partition coefficient (Wildman–Crippen LogP) is 1.92. The molecule has 20 heavy (non-hydrogen) atoms. The van der Waals surface area contributed by atoms with Gasteiger partial charge in [-0.1, -0.05) is 12.1 Å². The van der Waals surface area contributed by atoms with Crippen molar-refractivity contribution in [1.29, 1.82) is 0 Å². The minimum Gasteiger partial charge on any atom is -0.334 e. The van der Waals surface area contributed by atoms with Crippen LogP contribution in [0.15, 0.2) is 36.7 Å². The van der Waals surface area contributed by atoms with Gasteiger partial charge < -0.3 is 10.6 Å². The van der Waals surface area contributed by atoms with Gasteiger partial charge in [-0.05, 0) is 30.7 Å². The highest BCUT2D eigenvalue weighted by Gasteiger charge is 2.02. The predicted molar refractivity (Wildman–Crippen MR) is 72.2 cm³/mol. The summed E-state index contributed by atoms with van der Waals surface area (Å²) in [6.45, 7) is 2.54. The molecule has 2 amide bonds. The molecule has 2 aromatic rings. The van der Waals surface area contributed by atoms with Crippen molar-refractivity contribution in [3.8, 4) is 0 Å². The lowest BCUT2D eigenvalue weighted by Crippen LogP contribution is -2.34. The highest BCUT2D eigenvalue weighted by atomic mass is 19.1. The van der Waals surface area contributed by atoms with Gasteiger partial charge in [0.25, 0.3) is 0 Å². The molecule has 0 saturated carbocycles. The lowest BCUT2D eigenvalue weighted by atomic mass is 10.2. The first-order chi connectivity index (χ1) is 9.63. The first kappa shape index (κ1) is 13.9. The normalized spacial score (nSPS) is 10.1. The number of carbonyl (C=O) groups excluding carboxylic acids is 1. The van der Waals surface area contributed by atoms with E-state index >= 15 is 0 Å². The van der Waals surface area contributed by atoms with Gasteiger partial charge in [0.15, 0.2) is 0 Å². The van der Waals surface area contributed by atoms with Crippen LogP contribution < -0.4 is 10.6 Å². The summed E-state index contributed by atoms with van der Waals surface area (Å²) in [5.74, 6) is -0.294. The van der Waals surface area contributed by atoms with Gasteiger partial charge in [-0.15, -0.1) is 0 Å². The highest BCUT2D eigenvalue weighted by molar-refractivity contribution is 5.73. The van der Waals surface area contributed by atoms with Crippen LogP contribution in [-0.2, 0) is 13.1 Å². The fourth-order valence-electron chi connectivity index (χ4n) is 1.62. The number of amides is 2. The third kappa shape index (κ3) is 4.31. The molecule has 0 spiro atoms. The topological polar surface area (TPSA) is 66.9 Å². The third-order valence-electron chi connectivity index (χ3n) is 2.66. The molecule has 2 rings (SSSR count). The molecule has 0 aliphatic carbocycles. The van der Waals surface area contributed by atoms with Gasteiger partial charge in [0.1, 0.15) is 12.1 Å². The number of hydrogen-bond donors (Lipinski definition) is 2. The fourth-order valence-corrected chi connectivity index (χ4v) is 1.62. The van der Waals surface area contributed by atoms with Crippen molar-refractivity contribution in [3.05, 3.63) is 59.4 Å². The third-order valence-corrected chi connectivity index (χ3v) is 2.66. The Labute approximate surface area is 116 Å². The van der Waals surface area contributed by atoms with Crippen LogP contribution in [0, 0.1) is 12.7 Å². The zero-order valence-corrected chi connectivity index (χ0v) is 11.1. The number of nitrogens with one attached hydrogen (secondary N) is 2. The van der Waals surface area contributed by atoms with Crippen molar-refractivity contribution >= 4 is 6.03 Å². The van der Waals surface area contributed by atoms with Crippen LogP contribution in [-0.4, -0.2) is 16.0 Å². The Morgan fingerprint density at radius 2 is 1.85 bits per heavy atom. The van der Waals surface area contributed by atoms with Gasteiger partial charge in [0.05, 0.1) is 12.2 Å². The molecule has 1 aromatic heterocycles. The number of nitrogens with zero attached hydrogens (tertiary/aromatic N) is 2. The molecule has 0 saturated heterocycles. The van der Waals surface area contributed by atoms with E-state index in [4.69, 9.17) is 0 Å². The molecular weight excluding hydrogens is 259 g/mol. The Balaban J connectivity index is 1.77. The Morgan fingerprint density at radius 1 is 1.15 bits per heavy atom. The standard InChI is InChI=1S/C14H15FN4O/c1-10-6-13(19-9-18-10)8-17-14(20)16-7-11-2-4-12(15)5-3-11/h2-6,9H,7-8H2,1H3,(H2,16,17,20). The summed E-state index contributed by atoms with van der Waals surface area (Å²) in [5.41, 5.74) is 2.43. The average Bonchev–Trinajstić information content (AvgIpc) is 2.45. The second-order valence-electron chi connectivity index (χ2n) is 4.31. The van der Waals surface area contributed by atoms with Crippen LogP contribution in [0.5, 0.6) is 0 Å². The van der Waals surface area contributed by atoms with Crippen LogP contribution in [0.2, 0.25) is 0 Å². The number of carbonyl (C=O) groups is 1. The van der Waals surface area contributed by atoms with Crippen LogP contribution in [0.25, 0.3) is 0 Å². The molecule has 0 aliphatic rings. The fraction of sp³-hybridized carbons (Fsp3) is 0.214. The SMILES string of the molecule is Cc1cc(CNC(=O)NCc2ccc(F)cc2)ncn1. The van der Waals surface area contributed by atoms with Gasteiger partial charge in [-0.2, -0.15) is 0 Å². The smallest absolute Gasteiger partial charge is 0.315 e. The minimum absolute atomic E-state index is 0.294. The van der Waals surface area contributed by atoms with Gasteiger partial charge >= 0.3 is 6.03 Å². The molecule has 1 heterocycles. The second kappa shape index (κ2) is 6.60. The first-order valence-corrected chi connectivity index (χ1v) is 6.17. The first-order valence-electron chi connectivity index (χ1n) is 6.17. The number of hydrogen-bond acceptors (Lipinski definition) is 3. The van der Waals surface area contributed by atoms with Gasteiger partial charge in [-0.3, -0.25) is 0 Å². The van der Waals surface area contributed by atoms with Crippen LogP contribution in [0.4, 0.5) is 9.18 Å². The van der Waals surface area contributed by atoms with Crippen molar-refractivity contribution in [2.24, 2.45) is 0 Å². The molecule has 2 N–H and O–H groups in total. The number of rotatable bonds is 4. The summed E-state index contributed by atoms with van der Waals surface area (Å²) in [4.78, 5) is 19.6. The van der Waals surface area contributed by atoms with E-state index in [0.717, 1.165) is 17.0 Å². The van der Waals surface area contributed by atoms with Crippen molar-refractivity contribution in [3.63, 3.8) is 0 Å². The number of urea groups is 1. The molecule has 0 aliphatic heterocycles. The maximum absolute atomic E-state index is 12.7. The summed E-state index contributed by atoms with van der Waals surface area (Å²) >= 11 is 0. The number of halogens is 1. The average molecular weight is 274 g/mol. The maximum Gasteiger partial charge on any atom is 0.315 e. The summed E-state index contributed by atoms with van der Waals surface area (Å²) in [6, 6.07) is 7.48. The van der Waals surface area contributed by atoms with Gasteiger partial charge in [0.2, 0.25) is 0 Å². The zero-order chi connectivity index (χ0) is 14.4. The lowest BCUT2D eigenvalue weighted by Gasteiger charge is -2.07. The molecule has 104 valence electrons. The molecule has 0 fully saturated rings. The molecule has 0 atom stereocenters. The number of aromatic nitrogens is 2. The Kier molecular flexibility index (Phi) is 4.60. The molecule has 6 heteroatoms. The van der Waals surface area contributed by atoms with E-state index in [1.54, 1.807) is 18.2 Å². The Bertz CT molecular complexity index is 586. The lowest BCUT2D eigenvalue weighted by molar-refractivity contribution is 0.240. The van der Waals surface area contributed by atoms with Crippen molar-refractivity contribution < 1.29 is 9.18 Å². The van der Waals surface area contributed by atoms with E-state index in [-0.39, 0.29) is 11.8 Å². The van der Waals surface area contributed by atoms with Crippen LogP contribution in [0.1, 0.15) is 17.0 Å². The second-order valence-corrected chi connectivity index (χ2v) is 4.31. The van der Waals surface area contributed by atoms with Crippen molar-refractivity contribution in [2.75, 3.05) is 0 Å². The summed E-state index contributed by atoms with van der Waals surface area (Å²) < 4.78 is 12.7. The largest absolute Gasteiger partial charge is 0.334 e.